The topological polar surface area (TPSA) is 61.4 Å². The Morgan fingerprint density at radius 1 is 1.50 bits per heavy atom. The number of rotatable bonds is 2. The van der Waals surface area contributed by atoms with Crippen LogP contribution in [0.3, 0.4) is 0 Å². The fourth-order valence-electron chi connectivity index (χ4n) is 1.90. The molecule has 1 aromatic rings. The highest BCUT2D eigenvalue weighted by molar-refractivity contribution is 5.92. The van der Waals surface area contributed by atoms with Gasteiger partial charge in [-0.05, 0) is 31.5 Å². The Hall–Kier alpha value is -1.55. The molecule has 1 atom stereocenters. The van der Waals surface area contributed by atoms with Gasteiger partial charge in [-0.2, -0.15) is 0 Å². The fraction of sp³-hybridized carbons (Fsp3) is 0.417. The lowest BCUT2D eigenvalue weighted by Crippen LogP contribution is -2.37. The molecule has 4 heteroatoms. The first-order valence-corrected chi connectivity index (χ1v) is 5.56. The van der Waals surface area contributed by atoms with Gasteiger partial charge in [-0.15, -0.1) is 0 Å². The molecule has 0 aliphatic carbocycles. The van der Waals surface area contributed by atoms with E-state index >= 15 is 0 Å². The molecule has 16 heavy (non-hydrogen) atoms. The molecule has 1 aliphatic rings. The highest BCUT2D eigenvalue weighted by atomic mass is 16.3. The highest BCUT2D eigenvalue weighted by Gasteiger charge is 2.20. The summed E-state index contributed by atoms with van der Waals surface area (Å²) in [7, 11) is 0. The maximum Gasteiger partial charge on any atom is 0.228 e. The van der Waals surface area contributed by atoms with Crippen LogP contribution in [0.15, 0.2) is 24.3 Å². The molecule has 1 fully saturated rings. The van der Waals surface area contributed by atoms with E-state index in [-0.39, 0.29) is 17.6 Å². The van der Waals surface area contributed by atoms with Crippen molar-refractivity contribution >= 4 is 11.6 Å². The van der Waals surface area contributed by atoms with Gasteiger partial charge in [-0.1, -0.05) is 6.07 Å². The summed E-state index contributed by atoms with van der Waals surface area (Å²) in [5, 5.41) is 15.3. The molecule has 4 nitrogen and oxygen atoms in total. The van der Waals surface area contributed by atoms with E-state index in [1.54, 1.807) is 24.3 Å². The third-order valence-electron chi connectivity index (χ3n) is 2.78. The zero-order chi connectivity index (χ0) is 11.4. The first-order valence-electron chi connectivity index (χ1n) is 5.56. The first-order chi connectivity index (χ1) is 7.75. The maximum atomic E-state index is 11.8. The Kier molecular flexibility index (Phi) is 3.41. The van der Waals surface area contributed by atoms with Crippen LogP contribution < -0.4 is 10.6 Å². The largest absolute Gasteiger partial charge is 0.508 e. The highest BCUT2D eigenvalue weighted by Crippen LogP contribution is 2.18. The second-order valence-electron chi connectivity index (χ2n) is 4.08. The van der Waals surface area contributed by atoms with Gasteiger partial charge in [-0.25, -0.2) is 0 Å². The molecule has 0 bridgehead atoms. The molecule has 1 amide bonds. The molecule has 3 N–H and O–H groups in total. The van der Waals surface area contributed by atoms with Crippen molar-refractivity contribution in [3.05, 3.63) is 24.3 Å². The van der Waals surface area contributed by atoms with E-state index in [4.69, 9.17) is 0 Å². The lowest BCUT2D eigenvalue weighted by Gasteiger charge is -2.21. The average Bonchev–Trinajstić information content (AvgIpc) is 2.30. The number of hydrogen-bond donors (Lipinski definition) is 3. The van der Waals surface area contributed by atoms with Crippen LogP contribution in [0, 0.1) is 5.92 Å². The SMILES string of the molecule is O=C(Nc1cccc(O)c1)[C@@H]1CCCNC1. The molecular weight excluding hydrogens is 204 g/mol. The summed E-state index contributed by atoms with van der Waals surface area (Å²) >= 11 is 0. The van der Waals surface area contributed by atoms with Gasteiger partial charge in [0.05, 0.1) is 5.92 Å². The quantitative estimate of drug-likeness (QED) is 0.704. The van der Waals surface area contributed by atoms with E-state index < -0.39 is 0 Å². The number of aromatic hydroxyl groups is 1. The zero-order valence-corrected chi connectivity index (χ0v) is 9.07. The number of carbonyl (C=O) groups is 1. The van der Waals surface area contributed by atoms with Crippen molar-refractivity contribution in [3.63, 3.8) is 0 Å². The Balaban J connectivity index is 1.96. The molecule has 2 rings (SSSR count). The normalized spacial score (nSPS) is 20.4. The maximum absolute atomic E-state index is 11.8. The summed E-state index contributed by atoms with van der Waals surface area (Å²) in [5.41, 5.74) is 0.649. The van der Waals surface area contributed by atoms with Crippen LogP contribution in [0.5, 0.6) is 5.75 Å². The molecular formula is C12H16N2O2. The molecule has 0 spiro atoms. The Bertz CT molecular complexity index is 373. The number of phenolic OH excluding ortho intramolecular Hbond substituents is 1. The molecule has 0 saturated carbocycles. The second kappa shape index (κ2) is 4.99. The molecule has 86 valence electrons. The predicted molar refractivity (Wildman–Crippen MR) is 62.3 cm³/mol. The predicted octanol–water partition coefficient (Wildman–Crippen LogP) is 1.33. The van der Waals surface area contributed by atoms with Crippen LogP contribution in [-0.4, -0.2) is 24.1 Å². The van der Waals surface area contributed by atoms with Crippen molar-refractivity contribution in [3.8, 4) is 5.75 Å². The Morgan fingerprint density at radius 2 is 2.38 bits per heavy atom. The lowest BCUT2D eigenvalue weighted by atomic mass is 9.99. The van der Waals surface area contributed by atoms with Crippen LogP contribution >= 0.6 is 0 Å². The van der Waals surface area contributed by atoms with Gasteiger partial charge in [-0.3, -0.25) is 4.79 Å². The van der Waals surface area contributed by atoms with E-state index in [0.29, 0.717) is 5.69 Å². The number of hydrogen-bond acceptors (Lipinski definition) is 3. The van der Waals surface area contributed by atoms with Crippen molar-refractivity contribution in [2.75, 3.05) is 18.4 Å². The standard InChI is InChI=1S/C12H16N2O2/c15-11-5-1-4-10(7-11)14-12(16)9-3-2-6-13-8-9/h1,4-5,7,9,13,15H,2-3,6,8H2,(H,14,16)/t9-/m1/s1. The molecule has 1 heterocycles. The van der Waals surface area contributed by atoms with Crippen molar-refractivity contribution < 1.29 is 9.90 Å². The van der Waals surface area contributed by atoms with Crippen molar-refractivity contribution in [2.45, 2.75) is 12.8 Å². The summed E-state index contributed by atoms with van der Waals surface area (Å²) in [6.45, 7) is 1.74. The molecule has 0 aromatic heterocycles. The monoisotopic (exact) mass is 220 g/mol. The van der Waals surface area contributed by atoms with Gasteiger partial charge >= 0.3 is 0 Å². The summed E-state index contributed by atoms with van der Waals surface area (Å²) in [6.07, 6.45) is 1.97. The number of benzene rings is 1. The lowest BCUT2D eigenvalue weighted by molar-refractivity contribution is -0.120. The zero-order valence-electron chi connectivity index (χ0n) is 9.07. The van der Waals surface area contributed by atoms with E-state index in [2.05, 4.69) is 10.6 Å². The number of amides is 1. The number of phenols is 1. The van der Waals surface area contributed by atoms with Crippen molar-refractivity contribution in [2.24, 2.45) is 5.92 Å². The van der Waals surface area contributed by atoms with E-state index in [9.17, 15) is 9.90 Å². The minimum atomic E-state index is 0.0257. The van der Waals surface area contributed by atoms with Crippen LogP contribution in [0.1, 0.15) is 12.8 Å². The Labute approximate surface area is 94.7 Å². The number of nitrogens with one attached hydrogen (secondary N) is 2. The molecule has 0 unspecified atom stereocenters. The van der Waals surface area contributed by atoms with E-state index in [1.165, 1.54) is 0 Å². The van der Waals surface area contributed by atoms with Crippen molar-refractivity contribution in [1.82, 2.24) is 5.32 Å². The minimum Gasteiger partial charge on any atom is -0.508 e. The van der Waals surface area contributed by atoms with Gasteiger partial charge in [0.15, 0.2) is 0 Å². The van der Waals surface area contributed by atoms with Gasteiger partial charge in [0.1, 0.15) is 5.75 Å². The van der Waals surface area contributed by atoms with Crippen LogP contribution in [0.4, 0.5) is 5.69 Å². The van der Waals surface area contributed by atoms with Crippen LogP contribution in [0.25, 0.3) is 0 Å². The average molecular weight is 220 g/mol. The molecule has 1 saturated heterocycles. The number of piperidine rings is 1. The number of carbonyl (C=O) groups excluding carboxylic acids is 1. The third-order valence-corrected chi connectivity index (χ3v) is 2.78. The van der Waals surface area contributed by atoms with Crippen molar-refractivity contribution in [1.29, 1.82) is 0 Å². The second-order valence-corrected chi connectivity index (χ2v) is 4.08. The fourth-order valence-corrected chi connectivity index (χ4v) is 1.90. The summed E-state index contributed by atoms with van der Waals surface area (Å²) in [4.78, 5) is 11.8. The third kappa shape index (κ3) is 2.73. The summed E-state index contributed by atoms with van der Waals surface area (Å²) < 4.78 is 0. The summed E-state index contributed by atoms with van der Waals surface area (Å²) in [5.74, 6) is 0.230. The van der Waals surface area contributed by atoms with Gasteiger partial charge in [0.25, 0.3) is 0 Å². The Morgan fingerprint density at radius 3 is 3.06 bits per heavy atom. The molecule has 1 aromatic carbocycles. The van der Waals surface area contributed by atoms with Crippen LogP contribution in [-0.2, 0) is 4.79 Å². The van der Waals surface area contributed by atoms with Gasteiger partial charge < -0.3 is 15.7 Å². The van der Waals surface area contributed by atoms with Gasteiger partial charge in [0, 0.05) is 18.3 Å². The minimum absolute atomic E-state index is 0.0257. The smallest absolute Gasteiger partial charge is 0.228 e. The first kappa shape index (κ1) is 11.0. The summed E-state index contributed by atoms with van der Waals surface area (Å²) in [6, 6.07) is 6.61. The molecule has 1 aliphatic heterocycles. The van der Waals surface area contributed by atoms with Gasteiger partial charge in [0.2, 0.25) is 5.91 Å². The number of anilines is 1. The molecule has 0 radical (unpaired) electrons. The van der Waals surface area contributed by atoms with E-state index in [0.717, 1.165) is 25.9 Å². The van der Waals surface area contributed by atoms with Crippen LogP contribution in [0.2, 0.25) is 0 Å². The van der Waals surface area contributed by atoms with E-state index in [1.807, 2.05) is 0 Å².